The van der Waals surface area contributed by atoms with Gasteiger partial charge in [0.2, 0.25) is 0 Å². The second kappa shape index (κ2) is 5.70. The van der Waals surface area contributed by atoms with E-state index in [1.807, 2.05) is 24.3 Å². The second-order valence-electron chi connectivity index (χ2n) is 4.81. The van der Waals surface area contributed by atoms with E-state index in [1.165, 1.54) is 18.4 Å². The van der Waals surface area contributed by atoms with Crippen molar-refractivity contribution < 1.29 is 0 Å². The summed E-state index contributed by atoms with van der Waals surface area (Å²) < 4.78 is 0. The second-order valence-corrected chi connectivity index (χ2v) is 5.25. The first-order chi connectivity index (χ1) is 7.49. The van der Waals surface area contributed by atoms with E-state index in [2.05, 4.69) is 20.8 Å². The van der Waals surface area contributed by atoms with E-state index >= 15 is 0 Å². The first kappa shape index (κ1) is 13.5. The molecule has 0 radical (unpaired) electrons. The fraction of sp³-hybridized carbons (Fsp3) is 0.571. The van der Waals surface area contributed by atoms with Gasteiger partial charge in [-0.3, -0.25) is 0 Å². The van der Waals surface area contributed by atoms with Crippen molar-refractivity contribution in [1.29, 1.82) is 0 Å². The van der Waals surface area contributed by atoms with Crippen molar-refractivity contribution >= 4 is 11.6 Å². The highest BCUT2D eigenvalue weighted by atomic mass is 35.5. The van der Waals surface area contributed by atoms with E-state index in [0.717, 1.165) is 11.4 Å². The third-order valence-electron chi connectivity index (χ3n) is 3.37. The van der Waals surface area contributed by atoms with E-state index < -0.39 is 0 Å². The molecule has 1 unspecified atom stereocenters. The highest BCUT2D eigenvalue weighted by Crippen LogP contribution is 2.29. The molecule has 0 aliphatic rings. The van der Waals surface area contributed by atoms with Crippen molar-refractivity contribution in [3.8, 4) is 0 Å². The summed E-state index contributed by atoms with van der Waals surface area (Å²) in [6.07, 6.45) is 3.41. The fourth-order valence-corrected chi connectivity index (χ4v) is 2.25. The Kier molecular flexibility index (Phi) is 4.82. The van der Waals surface area contributed by atoms with Crippen molar-refractivity contribution in [1.82, 2.24) is 0 Å². The summed E-state index contributed by atoms with van der Waals surface area (Å²) in [5.74, 6) is 0.700. The molecule has 1 aromatic carbocycles. The minimum Gasteiger partial charge on any atom is -0.322 e. The molecule has 90 valence electrons. The van der Waals surface area contributed by atoms with Gasteiger partial charge in [-0.1, -0.05) is 50.4 Å². The van der Waals surface area contributed by atoms with Crippen molar-refractivity contribution in [2.75, 3.05) is 0 Å². The van der Waals surface area contributed by atoms with Crippen LogP contribution in [0.15, 0.2) is 24.3 Å². The van der Waals surface area contributed by atoms with Crippen molar-refractivity contribution in [3.63, 3.8) is 0 Å². The molecular formula is C14H22ClN. The molecule has 2 N–H and O–H groups in total. The van der Waals surface area contributed by atoms with Crippen molar-refractivity contribution in [2.24, 2.45) is 11.7 Å². The highest BCUT2D eigenvalue weighted by molar-refractivity contribution is 6.30. The molecule has 1 nitrogen and oxygen atoms in total. The molecule has 1 aromatic rings. The highest BCUT2D eigenvalue weighted by Gasteiger charge is 2.24. The first-order valence-electron chi connectivity index (χ1n) is 6.04. The average Bonchev–Trinajstić information content (AvgIpc) is 2.26. The van der Waals surface area contributed by atoms with Crippen LogP contribution >= 0.6 is 11.6 Å². The molecule has 1 atom stereocenters. The van der Waals surface area contributed by atoms with Crippen LogP contribution in [0.5, 0.6) is 0 Å². The molecule has 1 rings (SSSR count). The Morgan fingerprint density at radius 2 is 1.69 bits per heavy atom. The van der Waals surface area contributed by atoms with E-state index in [-0.39, 0.29) is 5.54 Å². The molecule has 16 heavy (non-hydrogen) atoms. The largest absolute Gasteiger partial charge is 0.322 e. The van der Waals surface area contributed by atoms with Crippen molar-refractivity contribution in [2.45, 2.75) is 45.6 Å². The molecule has 2 heteroatoms. The van der Waals surface area contributed by atoms with Crippen LogP contribution in [0.25, 0.3) is 0 Å². The molecule has 0 aliphatic heterocycles. The summed E-state index contributed by atoms with van der Waals surface area (Å²) in [6.45, 7) is 6.56. The minimum atomic E-state index is -0.249. The van der Waals surface area contributed by atoms with E-state index in [4.69, 9.17) is 17.3 Å². The summed E-state index contributed by atoms with van der Waals surface area (Å²) in [5, 5.41) is 0.766. The van der Waals surface area contributed by atoms with E-state index in [9.17, 15) is 0 Å². The lowest BCUT2D eigenvalue weighted by Gasteiger charge is -2.29. The lowest BCUT2D eigenvalue weighted by Crippen LogP contribution is -2.35. The predicted molar refractivity (Wildman–Crippen MR) is 71.7 cm³/mol. The first-order valence-corrected chi connectivity index (χ1v) is 6.42. The molecular weight excluding hydrogens is 218 g/mol. The molecule has 0 heterocycles. The minimum absolute atomic E-state index is 0.249. The topological polar surface area (TPSA) is 26.0 Å². The van der Waals surface area contributed by atoms with Gasteiger partial charge in [-0.2, -0.15) is 0 Å². The van der Waals surface area contributed by atoms with Crippen LogP contribution < -0.4 is 5.73 Å². The summed E-state index contributed by atoms with van der Waals surface area (Å²) in [6, 6.07) is 7.89. The van der Waals surface area contributed by atoms with Gasteiger partial charge < -0.3 is 5.73 Å². The van der Waals surface area contributed by atoms with Gasteiger partial charge in [-0.25, -0.2) is 0 Å². The lowest BCUT2D eigenvalue weighted by atomic mass is 9.82. The van der Waals surface area contributed by atoms with Crippen LogP contribution in [0.2, 0.25) is 5.02 Å². The molecule has 0 aliphatic carbocycles. The Hall–Kier alpha value is -0.530. The maximum Gasteiger partial charge on any atom is 0.0406 e. The van der Waals surface area contributed by atoms with Crippen LogP contribution in [0.4, 0.5) is 0 Å². The number of nitrogens with two attached hydrogens (primary N) is 1. The molecule has 0 spiro atoms. The molecule has 0 bridgehead atoms. The van der Waals surface area contributed by atoms with Crippen LogP contribution in [0, 0.1) is 5.92 Å². The van der Waals surface area contributed by atoms with Crippen LogP contribution in [-0.4, -0.2) is 0 Å². The number of hydrogen-bond donors (Lipinski definition) is 1. The molecule has 0 aromatic heterocycles. The summed E-state index contributed by atoms with van der Waals surface area (Å²) >= 11 is 5.88. The van der Waals surface area contributed by atoms with Gasteiger partial charge in [-0.15, -0.1) is 0 Å². The van der Waals surface area contributed by atoms with Crippen LogP contribution in [0.3, 0.4) is 0 Å². The zero-order valence-corrected chi connectivity index (χ0v) is 11.2. The Morgan fingerprint density at radius 1 is 1.19 bits per heavy atom. The Bertz CT molecular complexity index is 312. The molecule has 0 saturated carbocycles. The normalized spacial score (nSPS) is 15.1. The summed E-state index contributed by atoms with van der Waals surface area (Å²) in [7, 11) is 0. The Labute approximate surface area is 104 Å². The van der Waals surface area contributed by atoms with Crippen LogP contribution in [0.1, 0.15) is 45.6 Å². The summed E-state index contributed by atoms with van der Waals surface area (Å²) in [4.78, 5) is 0. The number of benzene rings is 1. The zero-order chi connectivity index (χ0) is 12.2. The van der Waals surface area contributed by atoms with Gasteiger partial charge in [0.1, 0.15) is 0 Å². The van der Waals surface area contributed by atoms with E-state index in [0.29, 0.717) is 5.92 Å². The maximum atomic E-state index is 6.40. The molecule has 0 fully saturated rings. The number of rotatable bonds is 5. The average molecular weight is 240 g/mol. The number of halogens is 1. The van der Waals surface area contributed by atoms with Crippen molar-refractivity contribution in [3.05, 3.63) is 34.9 Å². The third-order valence-corrected chi connectivity index (χ3v) is 3.62. The van der Waals surface area contributed by atoms with Gasteiger partial charge in [0.25, 0.3) is 0 Å². The monoisotopic (exact) mass is 239 g/mol. The maximum absolute atomic E-state index is 6.40. The summed E-state index contributed by atoms with van der Waals surface area (Å²) in [5.41, 5.74) is 7.32. The predicted octanol–water partition coefficient (Wildman–Crippen LogP) is 4.34. The lowest BCUT2D eigenvalue weighted by molar-refractivity contribution is 0.329. The van der Waals surface area contributed by atoms with Gasteiger partial charge >= 0.3 is 0 Å². The van der Waals surface area contributed by atoms with Gasteiger partial charge in [0.05, 0.1) is 0 Å². The molecule has 0 saturated heterocycles. The zero-order valence-electron chi connectivity index (χ0n) is 10.5. The number of hydrogen-bond acceptors (Lipinski definition) is 1. The molecule has 0 amide bonds. The fourth-order valence-electron chi connectivity index (χ4n) is 2.13. The van der Waals surface area contributed by atoms with Crippen LogP contribution in [-0.2, 0) is 5.54 Å². The third kappa shape index (κ3) is 3.50. The van der Waals surface area contributed by atoms with Gasteiger partial charge in [0, 0.05) is 10.6 Å². The van der Waals surface area contributed by atoms with E-state index in [1.54, 1.807) is 0 Å². The standard InChI is InChI=1S/C14H22ClN/c1-4-11(5-2)10-14(3,16)12-6-8-13(15)9-7-12/h6-9,11H,4-5,10,16H2,1-3H3. The smallest absolute Gasteiger partial charge is 0.0406 e. The Morgan fingerprint density at radius 3 is 2.12 bits per heavy atom. The SMILES string of the molecule is CCC(CC)CC(C)(N)c1ccc(Cl)cc1. The Balaban J connectivity index is 2.80. The van der Waals surface area contributed by atoms with Gasteiger partial charge in [0.15, 0.2) is 0 Å². The van der Waals surface area contributed by atoms with Gasteiger partial charge in [-0.05, 0) is 37.0 Å². The quantitative estimate of drug-likeness (QED) is 0.813.